The molecule has 0 bridgehead atoms. The van der Waals surface area contributed by atoms with Gasteiger partial charge < -0.3 is 10.2 Å². The first-order valence-electron chi connectivity index (χ1n) is 7.84. The summed E-state index contributed by atoms with van der Waals surface area (Å²) in [5, 5.41) is 4.01. The van der Waals surface area contributed by atoms with Crippen LogP contribution in [0.1, 0.15) is 30.9 Å². The van der Waals surface area contributed by atoms with Gasteiger partial charge >= 0.3 is 0 Å². The van der Waals surface area contributed by atoms with E-state index in [4.69, 9.17) is 0 Å². The second-order valence-corrected chi connectivity index (χ2v) is 6.95. The maximum absolute atomic E-state index is 12.4. The number of rotatable bonds is 6. The molecular formula is C17H26N2OS. The molecule has 0 spiro atoms. The fourth-order valence-electron chi connectivity index (χ4n) is 2.65. The van der Waals surface area contributed by atoms with Crippen molar-refractivity contribution >= 4 is 17.7 Å². The third kappa shape index (κ3) is 5.36. The summed E-state index contributed by atoms with van der Waals surface area (Å²) in [7, 11) is 0. The Balaban J connectivity index is 1.83. The molecule has 1 aliphatic rings. The number of carbonyl (C=O) groups is 1. The van der Waals surface area contributed by atoms with Gasteiger partial charge in [0.05, 0.1) is 5.75 Å². The second-order valence-electron chi connectivity index (χ2n) is 5.66. The van der Waals surface area contributed by atoms with Crippen molar-refractivity contribution in [1.82, 2.24) is 10.2 Å². The standard InChI is InChI=1S/C17H26N2OS/c1-3-19(12-15-6-4-5-14(2)11-15)17(20)13-21-16-7-9-18-10-8-16/h4-6,11,16,18H,3,7-10,12-13H2,1-2H3. The van der Waals surface area contributed by atoms with Gasteiger partial charge in [-0.3, -0.25) is 4.79 Å². The Morgan fingerprint density at radius 3 is 2.81 bits per heavy atom. The summed E-state index contributed by atoms with van der Waals surface area (Å²) in [6.07, 6.45) is 2.36. The molecule has 0 radical (unpaired) electrons. The van der Waals surface area contributed by atoms with Crippen molar-refractivity contribution in [2.24, 2.45) is 0 Å². The molecule has 2 rings (SSSR count). The Kier molecular flexibility index (Phi) is 6.58. The second kappa shape index (κ2) is 8.44. The van der Waals surface area contributed by atoms with Crippen LogP contribution < -0.4 is 5.32 Å². The lowest BCUT2D eigenvalue weighted by Crippen LogP contribution is -2.34. The molecule has 1 aromatic carbocycles. The summed E-state index contributed by atoms with van der Waals surface area (Å²) in [6, 6.07) is 8.42. The Bertz CT molecular complexity index is 458. The van der Waals surface area contributed by atoms with E-state index in [-0.39, 0.29) is 5.91 Å². The molecule has 0 saturated carbocycles. The highest BCUT2D eigenvalue weighted by molar-refractivity contribution is 8.00. The van der Waals surface area contributed by atoms with Gasteiger partial charge in [0.15, 0.2) is 0 Å². The molecule has 1 N–H and O–H groups in total. The van der Waals surface area contributed by atoms with Crippen LogP contribution in [0.2, 0.25) is 0 Å². The molecule has 1 heterocycles. The van der Waals surface area contributed by atoms with Crippen LogP contribution in [0.25, 0.3) is 0 Å². The number of thioether (sulfide) groups is 1. The van der Waals surface area contributed by atoms with Crippen molar-refractivity contribution < 1.29 is 4.79 Å². The zero-order chi connectivity index (χ0) is 15.1. The quantitative estimate of drug-likeness (QED) is 0.877. The number of aryl methyl sites for hydroxylation is 1. The first kappa shape index (κ1) is 16.4. The van der Waals surface area contributed by atoms with Crippen molar-refractivity contribution in [2.75, 3.05) is 25.4 Å². The molecule has 0 atom stereocenters. The molecule has 1 fully saturated rings. The number of hydrogen-bond acceptors (Lipinski definition) is 3. The highest BCUT2D eigenvalue weighted by Crippen LogP contribution is 2.20. The van der Waals surface area contributed by atoms with Gasteiger partial charge in [0.25, 0.3) is 0 Å². The maximum atomic E-state index is 12.4. The summed E-state index contributed by atoms with van der Waals surface area (Å²) in [5.74, 6) is 0.882. The van der Waals surface area contributed by atoms with Gasteiger partial charge in [-0.2, -0.15) is 0 Å². The molecule has 116 valence electrons. The predicted molar refractivity (Wildman–Crippen MR) is 90.6 cm³/mol. The Labute approximate surface area is 132 Å². The maximum Gasteiger partial charge on any atom is 0.232 e. The van der Waals surface area contributed by atoms with E-state index >= 15 is 0 Å². The van der Waals surface area contributed by atoms with Crippen molar-refractivity contribution in [3.05, 3.63) is 35.4 Å². The Morgan fingerprint density at radius 1 is 1.38 bits per heavy atom. The van der Waals surface area contributed by atoms with E-state index in [1.54, 1.807) is 0 Å². The molecular weight excluding hydrogens is 280 g/mol. The molecule has 1 amide bonds. The topological polar surface area (TPSA) is 32.3 Å². The van der Waals surface area contributed by atoms with Crippen LogP contribution in [-0.4, -0.2) is 41.4 Å². The van der Waals surface area contributed by atoms with Crippen LogP contribution in [0.5, 0.6) is 0 Å². The summed E-state index contributed by atoms with van der Waals surface area (Å²) in [4.78, 5) is 14.4. The molecule has 1 aliphatic heterocycles. The van der Waals surface area contributed by atoms with Crippen molar-refractivity contribution in [3.63, 3.8) is 0 Å². The zero-order valence-corrected chi connectivity index (χ0v) is 13.9. The largest absolute Gasteiger partial charge is 0.338 e. The monoisotopic (exact) mass is 306 g/mol. The van der Waals surface area contributed by atoms with E-state index in [0.29, 0.717) is 11.0 Å². The third-order valence-corrected chi connectivity index (χ3v) is 5.28. The first-order chi connectivity index (χ1) is 10.2. The third-order valence-electron chi connectivity index (χ3n) is 3.92. The number of piperidine rings is 1. The molecule has 1 saturated heterocycles. The van der Waals surface area contributed by atoms with Gasteiger partial charge in [-0.05, 0) is 45.3 Å². The van der Waals surface area contributed by atoms with Crippen molar-refractivity contribution in [1.29, 1.82) is 0 Å². The van der Waals surface area contributed by atoms with E-state index in [0.717, 1.165) is 26.2 Å². The molecule has 0 unspecified atom stereocenters. The van der Waals surface area contributed by atoms with Crippen LogP contribution in [-0.2, 0) is 11.3 Å². The Morgan fingerprint density at radius 2 is 2.14 bits per heavy atom. The molecule has 0 aromatic heterocycles. The van der Waals surface area contributed by atoms with E-state index in [1.807, 2.05) is 16.7 Å². The van der Waals surface area contributed by atoms with Crippen LogP contribution in [0, 0.1) is 6.92 Å². The van der Waals surface area contributed by atoms with Crippen LogP contribution >= 0.6 is 11.8 Å². The number of nitrogens with one attached hydrogen (secondary N) is 1. The molecule has 0 aliphatic carbocycles. The Hall–Kier alpha value is -1.00. The fourth-order valence-corrected chi connectivity index (χ4v) is 3.78. The molecule has 21 heavy (non-hydrogen) atoms. The van der Waals surface area contributed by atoms with E-state index in [1.165, 1.54) is 24.0 Å². The predicted octanol–water partition coefficient (Wildman–Crippen LogP) is 2.83. The number of hydrogen-bond donors (Lipinski definition) is 1. The van der Waals surface area contributed by atoms with Gasteiger partial charge in [-0.15, -0.1) is 11.8 Å². The average molecular weight is 306 g/mol. The van der Waals surface area contributed by atoms with Crippen LogP contribution in [0.4, 0.5) is 0 Å². The lowest BCUT2D eigenvalue weighted by Gasteiger charge is -2.25. The minimum Gasteiger partial charge on any atom is -0.338 e. The zero-order valence-electron chi connectivity index (χ0n) is 13.1. The highest BCUT2D eigenvalue weighted by atomic mass is 32.2. The number of amides is 1. The van der Waals surface area contributed by atoms with Gasteiger partial charge in [-0.1, -0.05) is 29.8 Å². The van der Waals surface area contributed by atoms with Crippen LogP contribution in [0.3, 0.4) is 0 Å². The smallest absolute Gasteiger partial charge is 0.232 e. The van der Waals surface area contributed by atoms with Crippen molar-refractivity contribution in [3.8, 4) is 0 Å². The van der Waals surface area contributed by atoms with E-state index < -0.39 is 0 Å². The number of carbonyl (C=O) groups excluding carboxylic acids is 1. The van der Waals surface area contributed by atoms with Gasteiger partial charge in [0.2, 0.25) is 5.91 Å². The number of benzene rings is 1. The van der Waals surface area contributed by atoms with Gasteiger partial charge in [-0.25, -0.2) is 0 Å². The van der Waals surface area contributed by atoms with Gasteiger partial charge in [0, 0.05) is 18.3 Å². The minimum atomic E-state index is 0.266. The highest BCUT2D eigenvalue weighted by Gasteiger charge is 2.17. The summed E-state index contributed by atoms with van der Waals surface area (Å²) in [5.41, 5.74) is 2.47. The van der Waals surface area contributed by atoms with Crippen molar-refractivity contribution in [2.45, 2.75) is 38.5 Å². The minimum absolute atomic E-state index is 0.266. The summed E-state index contributed by atoms with van der Waals surface area (Å²) in [6.45, 7) is 7.83. The molecule has 3 nitrogen and oxygen atoms in total. The summed E-state index contributed by atoms with van der Waals surface area (Å²) < 4.78 is 0. The lowest BCUT2D eigenvalue weighted by molar-refractivity contribution is -0.128. The number of nitrogens with zero attached hydrogens (tertiary/aromatic N) is 1. The SMILES string of the molecule is CCN(Cc1cccc(C)c1)C(=O)CSC1CCNCC1. The average Bonchev–Trinajstić information content (AvgIpc) is 2.51. The lowest BCUT2D eigenvalue weighted by atomic mass is 10.1. The first-order valence-corrected chi connectivity index (χ1v) is 8.89. The van der Waals surface area contributed by atoms with Gasteiger partial charge in [0.1, 0.15) is 0 Å². The fraction of sp³-hybridized carbons (Fsp3) is 0.588. The van der Waals surface area contributed by atoms with Crippen LogP contribution in [0.15, 0.2) is 24.3 Å². The van der Waals surface area contributed by atoms with E-state index in [9.17, 15) is 4.79 Å². The molecule has 4 heteroatoms. The summed E-state index contributed by atoms with van der Waals surface area (Å²) >= 11 is 1.83. The molecule has 1 aromatic rings. The van der Waals surface area contributed by atoms with E-state index in [2.05, 4.69) is 43.4 Å². The normalized spacial score (nSPS) is 15.9.